The first-order valence-corrected chi connectivity index (χ1v) is 8.90. The first kappa shape index (κ1) is 17.4. The molecular formula is C13H6Br3N3O2S. The molecule has 0 fully saturated rings. The SMILES string of the molecule is N#Cc1cc(C(Br)(Br)Br)cnc1Sc1ccc([N+](=O)[O-])cc1. The van der Waals surface area contributed by atoms with E-state index in [1.54, 1.807) is 24.4 Å². The minimum Gasteiger partial charge on any atom is -0.258 e. The smallest absolute Gasteiger partial charge is 0.258 e. The summed E-state index contributed by atoms with van der Waals surface area (Å²) in [4.78, 5) is 15.2. The van der Waals surface area contributed by atoms with Crippen molar-refractivity contribution >= 4 is 65.2 Å². The van der Waals surface area contributed by atoms with Crippen LogP contribution in [0.25, 0.3) is 0 Å². The molecule has 0 saturated heterocycles. The number of alkyl halides is 3. The van der Waals surface area contributed by atoms with Gasteiger partial charge in [-0.1, -0.05) is 59.6 Å². The van der Waals surface area contributed by atoms with Crippen molar-refractivity contribution in [2.45, 2.75) is 12.1 Å². The molecule has 9 heteroatoms. The molecule has 0 radical (unpaired) electrons. The van der Waals surface area contributed by atoms with Crippen molar-refractivity contribution in [3.63, 3.8) is 0 Å². The van der Waals surface area contributed by atoms with Crippen LogP contribution in [0.1, 0.15) is 11.1 Å². The zero-order valence-electron chi connectivity index (χ0n) is 10.7. The van der Waals surface area contributed by atoms with E-state index in [-0.39, 0.29) is 5.69 Å². The molecule has 0 spiro atoms. The molecule has 22 heavy (non-hydrogen) atoms. The standard InChI is InChI=1S/C13H6Br3N3O2S/c14-13(15,16)9-5-8(6-17)12(18-7-9)22-11-3-1-10(2-4-11)19(20)21/h1-5,7H. The number of aromatic nitrogens is 1. The van der Waals surface area contributed by atoms with Crippen molar-refractivity contribution in [2.24, 2.45) is 0 Å². The number of nitro groups is 1. The highest BCUT2D eigenvalue weighted by atomic mass is 80.0. The minimum absolute atomic E-state index is 0.0239. The first-order chi connectivity index (χ1) is 10.3. The summed E-state index contributed by atoms with van der Waals surface area (Å²) in [6.45, 7) is 0. The maximum atomic E-state index is 10.6. The van der Waals surface area contributed by atoms with Gasteiger partial charge < -0.3 is 0 Å². The molecule has 112 valence electrons. The second-order valence-electron chi connectivity index (χ2n) is 4.04. The Morgan fingerprint density at radius 2 is 1.91 bits per heavy atom. The van der Waals surface area contributed by atoms with Crippen LogP contribution in [-0.2, 0) is 2.14 Å². The molecule has 0 amide bonds. The Hall–Kier alpha value is -0.950. The number of rotatable bonds is 3. The molecule has 2 aromatic rings. The summed E-state index contributed by atoms with van der Waals surface area (Å²) in [5.74, 6) is 0. The van der Waals surface area contributed by atoms with Gasteiger partial charge in [-0.05, 0) is 18.2 Å². The van der Waals surface area contributed by atoms with E-state index < -0.39 is 7.07 Å². The van der Waals surface area contributed by atoms with Crippen LogP contribution in [0.4, 0.5) is 5.69 Å². The molecule has 1 aromatic carbocycles. The Morgan fingerprint density at radius 3 is 2.41 bits per heavy atom. The van der Waals surface area contributed by atoms with Crippen LogP contribution in [0, 0.1) is 21.4 Å². The topological polar surface area (TPSA) is 79.8 Å². The molecule has 0 aliphatic heterocycles. The molecule has 1 heterocycles. The average molecular weight is 508 g/mol. The minimum atomic E-state index is -0.637. The molecular weight excluding hydrogens is 502 g/mol. The number of benzene rings is 1. The highest BCUT2D eigenvalue weighted by Crippen LogP contribution is 2.45. The fraction of sp³-hybridized carbons (Fsp3) is 0.0769. The predicted molar refractivity (Wildman–Crippen MR) is 94.6 cm³/mol. The number of nitriles is 1. The number of hydrogen-bond acceptors (Lipinski definition) is 5. The number of nitro benzene ring substituents is 1. The lowest BCUT2D eigenvalue weighted by Gasteiger charge is -2.13. The van der Waals surface area contributed by atoms with E-state index in [0.717, 1.165) is 10.5 Å². The summed E-state index contributed by atoms with van der Waals surface area (Å²) in [5, 5.41) is 20.4. The maximum absolute atomic E-state index is 10.6. The molecule has 0 aliphatic carbocycles. The van der Waals surface area contributed by atoms with Gasteiger partial charge in [0.25, 0.3) is 5.69 Å². The maximum Gasteiger partial charge on any atom is 0.269 e. The largest absolute Gasteiger partial charge is 0.269 e. The molecule has 0 bridgehead atoms. The molecule has 5 nitrogen and oxygen atoms in total. The van der Waals surface area contributed by atoms with Gasteiger partial charge in [-0.2, -0.15) is 5.26 Å². The van der Waals surface area contributed by atoms with E-state index in [9.17, 15) is 15.4 Å². The summed E-state index contributed by atoms with van der Waals surface area (Å²) in [6, 6.07) is 9.91. The Bertz CT molecular complexity index is 755. The lowest BCUT2D eigenvalue weighted by atomic mass is 10.2. The number of halogens is 3. The van der Waals surface area contributed by atoms with Gasteiger partial charge in [0, 0.05) is 28.8 Å². The van der Waals surface area contributed by atoms with Gasteiger partial charge in [-0.25, -0.2) is 4.98 Å². The molecule has 1 aromatic heterocycles. The van der Waals surface area contributed by atoms with Crippen molar-refractivity contribution in [3.8, 4) is 6.07 Å². The van der Waals surface area contributed by atoms with Crippen LogP contribution in [-0.4, -0.2) is 9.91 Å². The van der Waals surface area contributed by atoms with E-state index >= 15 is 0 Å². The molecule has 0 unspecified atom stereocenters. The lowest BCUT2D eigenvalue weighted by Crippen LogP contribution is -2.00. The first-order valence-electron chi connectivity index (χ1n) is 5.71. The zero-order valence-corrected chi connectivity index (χ0v) is 16.2. The van der Waals surface area contributed by atoms with Crippen LogP contribution in [0.15, 0.2) is 46.5 Å². The summed E-state index contributed by atoms with van der Waals surface area (Å²) in [6.07, 6.45) is 1.63. The quantitative estimate of drug-likeness (QED) is 0.319. The molecule has 0 atom stereocenters. The summed E-state index contributed by atoms with van der Waals surface area (Å²) >= 11 is 11.4. The van der Waals surface area contributed by atoms with E-state index in [0.29, 0.717) is 10.6 Å². The fourth-order valence-electron chi connectivity index (χ4n) is 1.52. The van der Waals surface area contributed by atoms with Gasteiger partial charge in [-0.15, -0.1) is 0 Å². The van der Waals surface area contributed by atoms with Gasteiger partial charge >= 0.3 is 0 Å². The van der Waals surface area contributed by atoms with E-state index in [2.05, 4.69) is 58.8 Å². The second kappa shape index (κ2) is 7.08. The number of pyridine rings is 1. The molecule has 2 rings (SSSR count). The Labute approximate surface area is 155 Å². The van der Waals surface area contributed by atoms with Gasteiger partial charge in [0.2, 0.25) is 0 Å². The van der Waals surface area contributed by atoms with Gasteiger partial charge in [-0.3, -0.25) is 10.1 Å². The number of non-ortho nitro benzene ring substituents is 1. The van der Waals surface area contributed by atoms with Crippen LogP contribution in [0.5, 0.6) is 0 Å². The van der Waals surface area contributed by atoms with Crippen LogP contribution < -0.4 is 0 Å². The van der Waals surface area contributed by atoms with Crippen molar-refractivity contribution in [2.75, 3.05) is 0 Å². The summed E-state index contributed by atoms with van der Waals surface area (Å²) < 4.78 is -0.637. The zero-order chi connectivity index (χ0) is 16.3. The molecule has 0 N–H and O–H groups in total. The summed E-state index contributed by atoms with van der Waals surface area (Å²) in [5.41, 5.74) is 1.19. The third kappa shape index (κ3) is 4.29. The van der Waals surface area contributed by atoms with Gasteiger partial charge in [0.15, 0.2) is 2.14 Å². The number of nitrogens with zero attached hydrogens (tertiary/aromatic N) is 3. The van der Waals surface area contributed by atoms with E-state index in [4.69, 9.17) is 0 Å². The molecule has 0 aliphatic rings. The lowest BCUT2D eigenvalue weighted by molar-refractivity contribution is -0.384. The van der Waals surface area contributed by atoms with Crippen molar-refractivity contribution in [1.82, 2.24) is 4.98 Å². The van der Waals surface area contributed by atoms with Crippen molar-refractivity contribution < 1.29 is 4.92 Å². The van der Waals surface area contributed by atoms with Gasteiger partial charge in [0.1, 0.15) is 11.1 Å². The fourth-order valence-corrected chi connectivity index (χ4v) is 2.98. The second-order valence-corrected chi connectivity index (χ2v) is 11.9. The molecule has 0 saturated carbocycles. The van der Waals surface area contributed by atoms with E-state index in [1.807, 2.05) is 0 Å². The Morgan fingerprint density at radius 1 is 1.27 bits per heavy atom. The predicted octanol–water partition coefficient (Wildman–Crippen LogP) is 5.31. The van der Waals surface area contributed by atoms with Crippen LogP contribution >= 0.6 is 59.6 Å². The van der Waals surface area contributed by atoms with Crippen molar-refractivity contribution in [3.05, 3.63) is 57.8 Å². The summed E-state index contributed by atoms with van der Waals surface area (Å²) in [7, 11) is 0. The highest BCUT2D eigenvalue weighted by Gasteiger charge is 2.23. The van der Waals surface area contributed by atoms with Crippen LogP contribution in [0.2, 0.25) is 0 Å². The van der Waals surface area contributed by atoms with Crippen LogP contribution in [0.3, 0.4) is 0 Å². The van der Waals surface area contributed by atoms with Gasteiger partial charge in [0.05, 0.1) is 10.5 Å². The van der Waals surface area contributed by atoms with E-state index in [1.165, 1.54) is 23.9 Å². The Balaban J connectivity index is 2.30. The van der Waals surface area contributed by atoms with Crippen molar-refractivity contribution in [1.29, 1.82) is 5.26 Å². The highest BCUT2D eigenvalue weighted by molar-refractivity contribution is 9.38. The average Bonchev–Trinajstić information content (AvgIpc) is 2.47. The third-order valence-electron chi connectivity index (χ3n) is 2.56. The monoisotopic (exact) mass is 505 g/mol. The normalized spacial score (nSPS) is 11.0. The third-order valence-corrected chi connectivity index (χ3v) is 4.96. The Kier molecular flexibility index (Phi) is 5.60. The number of hydrogen-bond donors (Lipinski definition) is 0.